The van der Waals surface area contributed by atoms with Crippen LogP contribution >= 0.6 is 0 Å². The highest BCUT2D eigenvalue weighted by molar-refractivity contribution is 5.93. The smallest absolute Gasteiger partial charge is 0.270 e. The minimum Gasteiger partial charge on any atom is -0.393 e. The van der Waals surface area contributed by atoms with Crippen LogP contribution in [0.25, 0.3) is 5.65 Å². The lowest BCUT2D eigenvalue weighted by molar-refractivity contribution is 0.0450. The summed E-state index contributed by atoms with van der Waals surface area (Å²) in [5.41, 5.74) is 1.15. The third-order valence-corrected chi connectivity index (χ3v) is 4.80. The van der Waals surface area contributed by atoms with E-state index in [2.05, 4.69) is 4.98 Å². The molecule has 2 heterocycles. The van der Waals surface area contributed by atoms with Gasteiger partial charge in [-0.1, -0.05) is 18.9 Å². The van der Waals surface area contributed by atoms with E-state index in [1.807, 2.05) is 13.0 Å². The first-order chi connectivity index (χ1) is 11.5. The molecule has 24 heavy (non-hydrogen) atoms. The van der Waals surface area contributed by atoms with Crippen molar-refractivity contribution >= 4 is 11.6 Å². The van der Waals surface area contributed by atoms with Crippen molar-refractivity contribution < 1.29 is 9.90 Å². The number of hydrogen-bond donors (Lipinski definition) is 1. The molecule has 128 valence electrons. The Morgan fingerprint density at radius 1 is 1.38 bits per heavy atom. The van der Waals surface area contributed by atoms with E-state index in [4.69, 9.17) is 0 Å². The first-order valence-corrected chi connectivity index (χ1v) is 8.39. The second kappa shape index (κ2) is 6.73. The number of aliphatic hydroxyl groups is 1. The van der Waals surface area contributed by atoms with Crippen molar-refractivity contribution in [3.63, 3.8) is 0 Å². The van der Waals surface area contributed by atoms with Gasteiger partial charge in [-0.3, -0.25) is 14.0 Å². The zero-order chi connectivity index (χ0) is 17.3. The van der Waals surface area contributed by atoms with Crippen molar-refractivity contribution in [2.24, 2.45) is 5.92 Å². The maximum atomic E-state index is 12.7. The Morgan fingerprint density at radius 3 is 2.88 bits per heavy atom. The van der Waals surface area contributed by atoms with Gasteiger partial charge in [-0.2, -0.15) is 0 Å². The Hall–Kier alpha value is -2.21. The molecule has 0 spiro atoms. The number of aryl methyl sites for hydroxylation is 1. The molecule has 1 fully saturated rings. The van der Waals surface area contributed by atoms with Crippen LogP contribution in [0.5, 0.6) is 0 Å². The first-order valence-electron chi connectivity index (χ1n) is 8.39. The lowest BCUT2D eigenvalue weighted by Crippen LogP contribution is -2.40. The van der Waals surface area contributed by atoms with Gasteiger partial charge in [0.15, 0.2) is 0 Å². The topological polar surface area (TPSA) is 74.9 Å². The molecule has 2 aromatic heterocycles. The summed E-state index contributed by atoms with van der Waals surface area (Å²) in [5.74, 6) is -0.271. The van der Waals surface area contributed by atoms with Crippen molar-refractivity contribution in [2.45, 2.75) is 38.7 Å². The van der Waals surface area contributed by atoms with Crippen LogP contribution in [0.15, 0.2) is 29.3 Å². The maximum absolute atomic E-state index is 12.7. The monoisotopic (exact) mass is 329 g/mol. The number of amides is 1. The van der Waals surface area contributed by atoms with Gasteiger partial charge in [-0.25, -0.2) is 4.98 Å². The summed E-state index contributed by atoms with van der Waals surface area (Å²) < 4.78 is 1.41. The number of carbonyl (C=O) groups excluding carboxylic acids is 1. The summed E-state index contributed by atoms with van der Waals surface area (Å²) in [6.07, 6.45) is 6.47. The van der Waals surface area contributed by atoms with Gasteiger partial charge < -0.3 is 10.0 Å². The van der Waals surface area contributed by atoms with Crippen LogP contribution in [0.1, 0.15) is 41.6 Å². The fraction of sp³-hybridized carbons (Fsp3) is 0.500. The molecule has 0 aromatic carbocycles. The van der Waals surface area contributed by atoms with Gasteiger partial charge in [0, 0.05) is 31.9 Å². The fourth-order valence-electron chi connectivity index (χ4n) is 3.37. The molecular formula is C18H23N3O3. The Morgan fingerprint density at radius 2 is 2.12 bits per heavy atom. The van der Waals surface area contributed by atoms with Gasteiger partial charge in [-0.05, 0) is 31.4 Å². The summed E-state index contributed by atoms with van der Waals surface area (Å²) >= 11 is 0. The molecule has 2 aromatic rings. The van der Waals surface area contributed by atoms with Crippen molar-refractivity contribution in [3.05, 3.63) is 46.0 Å². The molecule has 0 saturated heterocycles. The molecule has 1 amide bonds. The number of pyridine rings is 1. The first kappa shape index (κ1) is 16.6. The molecule has 2 atom stereocenters. The quantitative estimate of drug-likeness (QED) is 0.929. The summed E-state index contributed by atoms with van der Waals surface area (Å²) in [4.78, 5) is 31.0. The number of aromatic nitrogens is 2. The zero-order valence-electron chi connectivity index (χ0n) is 14.1. The summed E-state index contributed by atoms with van der Waals surface area (Å²) in [6.45, 7) is 2.34. The molecule has 3 rings (SSSR count). The lowest BCUT2D eigenvalue weighted by Gasteiger charge is -2.31. The van der Waals surface area contributed by atoms with Gasteiger partial charge in [0.25, 0.3) is 11.5 Å². The number of rotatable bonds is 3. The molecule has 6 nitrogen and oxygen atoms in total. The minimum atomic E-state index is -0.368. The molecule has 0 aliphatic heterocycles. The predicted octanol–water partition coefficient (Wildman–Crippen LogP) is 1.63. The molecule has 1 saturated carbocycles. The summed E-state index contributed by atoms with van der Waals surface area (Å²) in [6, 6.07) is 3.63. The average Bonchev–Trinajstić information content (AvgIpc) is 2.57. The van der Waals surface area contributed by atoms with Gasteiger partial charge in [0.1, 0.15) is 11.2 Å². The minimum absolute atomic E-state index is 0.0610. The van der Waals surface area contributed by atoms with Gasteiger partial charge in [0.2, 0.25) is 0 Å². The summed E-state index contributed by atoms with van der Waals surface area (Å²) in [5, 5.41) is 10.1. The van der Waals surface area contributed by atoms with Crippen molar-refractivity contribution in [3.8, 4) is 0 Å². The standard InChI is InChI=1S/C18H23N3O3/c1-12-7-8-16-19-9-14(18(24)21(16)10-12)17(23)20(2)11-13-5-3-4-6-15(13)22/h7-10,13,15,22H,3-6,11H2,1-2H3. The Labute approximate surface area is 140 Å². The Bertz CT molecular complexity index is 815. The second-order valence-electron chi connectivity index (χ2n) is 6.71. The third-order valence-electron chi connectivity index (χ3n) is 4.80. The Kier molecular flexibility index (Phi) is 4.66. The molecule has 6 heteroatoms. The van der Waals surface area contributed by atoms with Crippen LogP contribution in [0.2, 0.25) is 0 Å². The number of aliphatic hydroxyl groups excluding tert-OH is 1. The Balaban J connectivity index is 1.85. The average molecular weight is 329 g/mol. The van der Waals surface area contributed by atoms with Gasteiger partial charge in [0.05, 0.1) is 6.10 Å². The largest absolute Gasteiger partial charge is 0.393 e. The molecule has 1 aliphatic carbocycles. The van der Waals surface area contributed by atoms with Crippen LogP contribution in [0.4, 0.5) is 0 Å². The van der Waals surface area contributed by atoms with Crippen molar-refractivity contribution in [1.29, 1.82) is 0 Å². The molecular weight excluding hydrogens is 306 g/mol. The van der Waals surface area contributed by atoms with Crippen LogP contribution in [-0.2, 0) is 0 Å². The highest BCUT2D eigenvalue weighted by atomic mass is 16.3. The summed E-state index contributed by atoms with van der Waals surface area (Å²) in [7, 11) is 1.67. The molecule has 0 bridgehead atoms. The van der Waals surface area contributed by atoms with Gasteiger partial charge >= 0.3 is 0 Å². The third kappa shape index (κ3) is 3.19. The van der Waals surface area contributed by atoms with E-state index in [1.165, 1.54) is 15.5 Å². The number of carbonyl (C=O) groups is 1. The molecule has 0 radical (unpaired) electrons. The lowest BCUT2D eigenvalue weighted by atomic mass is 9.86. The van der Waals surface area contributed by atoms with E-state index in [-0.39, 0.29) is 29.1 Å². The predicted molar refractivity (Wildman–Crippen MR) is 91.1 cm³/mol. The highest BCUT2D eigenvalue weighted by Crippen LogP contribution is 2.25. The highest BCUT2D eigenvalue weighted by Gasteiger charge is 2.27. The molecule has 1 N–H and O–H groups in total. The van der Waals surface area contributed by atoms with Crippen LogP contribution in [0, 0.1) is 12.8 Å². The van der Waals surface area contributed by atoms with E-state index >= 15 is 0 Å². The van der Waals surface area contributed by atoms with Crippen LogP contribution in [0.3, 0.4) is 0 Å². The molecule has 2 unspecified atom stereocenters. The van der Waals surface area contributed by atoms with Crippen molar-refractivity contribution in [1.82, 2.24) is 14.3 Å². The molecule has 1 aliphatic rings. The van der Waals surface area contributed by atoms with E-state index in [0.29, 0.717) is 12.2 Å². The van der Waals surface area contributed by atoms with E-state index < -0.39 is 0 Å². The fourth-order valence-corrected chi connectivity index (χ4v) is 3.37. The number of nitrogens with zero attached hydrogens (tertiary/aromatic N) is 3. The zero-order valence-corrected chi connectivity index (χ0v) is 14.1. The maximum Gasteiger partial charge on any atom is 0.270 e. The van der Waals surface area contributed by atoms with Crippen LogP contribution < -0.4 is 5.56 Å². The second-order valence-corrected chi connectivity index (χ2v) is 6.71. The van der Waals surface area contributed by atoms with Gasteiger partial charge in [-0.15, -0.1) is 0 Å². The normalized spacial score (nSPS) is 21.0. The SMILES string of the molecule is Cc1ccc2ncc(C(=O)N(C)CC3CCCCC3O)c(=O)n2c1. The van der Waals surface area contributed by atoms with E-state index in [0.717, 1.165) is 31.2 Å². The number of hydrogen-bond acceptors (Lipinski definition) is 4. The van der Waals surface area contributed by atoms with Crippen molar-refractivity contribution in [2.75, 3.05) is 13.6 Å². The van der Waals surface area contributed by atoms with E-state index in [1.54, 1.807) is 19.3 Å². The number of fused-ring (bicyclic) bond motifs is 1. The van der Waals surface area contributed by atoms with Crippen LogP contribution in [-0.4, -0.2) is 45.0 Å². The van der Waals surface area contributed by atoms with E-state index in [9.17, 15) is 14.7 Å².